The zero-order valence-corrected chi connectivity index (χ0v) is 16.0. The standard InChI is InChI=1S/C22H25N3O3/c1-21-9-8-14(11-17(21)20(27)23-12-15-5-4-10-28-15)22(13-21)24-18-7-3-2-6-16(18)19(26)25-22/h2-7,10,14,17,24H,8-9,11-13H2,1H3,(H,23,27)(H,25,26)/t14-,17+,21-,22-/m0/s1. The van der Waals surface area contributed by atoms with E-state index in [0.717, 1.165) is 37.1 Å². The van der Waals surface area contributed by atoms with E-state index >= 15 is 0 Å². The minimum atomic E-state index is -0.462. The van der Waals surface area contributed by atoms with Crippen LogP contribution in [0.25, 0.3) is 0 Å². The van der Waals surface area contributed by atoms with Gasteiger partial charge in [-0.15, -0.1) is 0 Å². The summed E-state index contributed by atoms with van der Waals surface area (Å²) in [6.07, 6.45) is 5.15. The summed E-state index contributed by atoms with van der Waals surface area (Å²) in [5, 5.41) is 9.94. The zero-order chi connectivity index (χ0) is 19.4. The van der Waals surface area contributed by atoms with Gasteiger partial charge in [-0.3, -0.25) is 9.59 Å². The Morgan fingerprint density at radius 3 is 2.89 bits per heavy atom. The molecule has 4 aliphatic rings. The molecule has 1 aromatic carbocycles. The maximum absolute atomic E-state index is 13.0. The molecule has 2 amide bonds. The molecule has 2 heterocycles. The Hall–Kier alpha value is -2.76. The smallest absolute Gasteiger partial charge is 0.255 e. The number of fused-ring (bicyclic) bond motifs is 3. The number of nitrogens with one attached hydrogen (secondary N) is 3. The van der Waals surface area contributed by atoms with Crippen LogP contribution in [0.1, 0.15) is 48.7 Å². The van der Waals surface area contributed by atoms with Crippen molar-refractivity contribution in [2.24, 2.45) is 17.3 Å². The predicted octanol–water partition coefficient (Wildman–Crippen LogP) is 3.27. The molecular formula is C22H25N3O3. The van der Waals surface area contributed by atoms with E-state index in [1.807, 2.05) is 36.4 Å². The third kappa shape index (κ3) is 2.62. The molecule has 3 saturated carbocycles. The van der Waals surface area contributed by atoms with E-state index < -0.39 is 5.66 Å². The summed E-state index contributed by atoms with van der Waals surface area (Å²) in [6.45, 7) is 2.60. The van der Waals surface area contributed by atoms with Gasteiger partial charge in [0.25, 0.3) is 5.91 Å². The number of para-hydroxylation sites is 1. The first-order valence-electron chi connectivity index (χ1n) is 9.99. The van der Waals surface area contributed by atoms with Crippen molar-refractivity contribution in [1.29, 1.82) is 0 Å². The average molecular weight is 379 g/mol. The minimum Gasteiger partial charge on any atom is -0.467 e. The van der Waals surface area contributed by atoms with Crippen molar-refractivity contribution in [2.75, 3.05) is 5.32 Å². The van der Waals surface area contributed by atoms with Crippen molar-refractivity contribution in [3.05, 3.63) is 54.0 Å². The Kier molecular flexibility index (Phi) is 3.79. The summed E-state index contributed by atoms with van der Waals surface area (Å²) in [5.74, 6) is 0.993. The fourth-order valence-corrected chi connectivity index (χ4v) is 5.56. The minimum absolute atomic E-state index is 0.0238. The Morgan fingerprint density at radius 2 is 2.11 bits per heavy atom. The van der Waals surface area contributed by atoms with Gasteiger partial charge in [0.05, 0.1) is 18.4 Å². The van der Waals surface area contributed by atoms with Crippen LogP contribution in [-0.2, 0) is 11.3 Å². The lowest BCUT2D eigenvalue weighted by Gasteiger charge is -2.60. The first-order chi connectivity index (χ1) is 13.5. The first kappa shape index (κ1) is 17.3. The molecule has 1 spiro atoms. The largest absolute Gasteiger partial charge is 0.467 e. The second-order valence-electron chi connectivity index (χ2n) is 8.75. The van der Waals surface area contributed by atoms with Crippen molar-refractivity contribution in [2.45, 2.75) is 44.8 Å². The fourth-order valence-electron chi connectivity index (χ4n) is 5.56. The van der Waals surface area contributed by atoms with E-state index in [1.165, 1.54) is 0 Å². The summed E-state index contributed by atoms with van der Waals surface area (Å²) < 4.78 is 5.32. The summed E-state index contributed by atoms with van der Waals surface area (Å²) in [5.41, 5.74) is 0.957. The van der Waals surface area contributed by atoms with E-state index in [1.54, 1.807) is 6.26 Å². The van der Waals surface area contributed by atoms with Gasteiger partial charge >= 0.3 is 0 Å². The van der Waals surface area contributed by atoms with Gasteiger partial charge in [-0.2, -0.15) is 0 Å². The molecule has 3 N–H and O–H groups in total. The number of hydrogen-bond acceptors (Lipinski definition) is 4. The molecule has 0 saturated heterocycles. The van der Waals surface area contributed by atoms with Gasteiger partial charge in [-0.25, -0.2) is 0 Å². The molecule has 146 valence electrons. The second kappa shape index (κ2) is 6.12. The molecule has 0 radical (unpaired) electrons. The van der Waals surface area contributed by atoms with E-state index in [-0.39, 0.29) is 29.1 Å². The van der Waals surface area contributed by atoms with Gasteiger partial charge in [0.15, 0.2) is 0 Å². The third-order valence-electron chi connectivity index (χ3n) is 7.00. The van der Waals surface area contributed by atoms with Crippen molar-refractivity contribution < 1.29 is 14.0 Å². The highest BCUT2D eigenvalue weighted by Gasteiger charge is 2.60. The van der Waals surface area contributed by atoms with Crippen LogP contribution in [0.2, 0.25) is 0 Å². The van der Waals surface area contributed by atoms with Crippen LogP contribution in [-0.4, -0.2) is 17.5 Å². The molecule has 1 aromatic heterocycles. The maximum Gasteiger partial charge on any atom is 0.255 e. The van der Waals surface area contributed by atoms with Gasteiger partial charge in [0, 0.05) is 17.5 Å². The molecule has 6 nitrogen and oxygen atoms in total. The van der Waals surface area contributed by atoms with Gasteiger partial charge in [-0.05, 0) is 55.4 Å². The molecule has 28 heavy (non-hydrogen) atoms. The van der Waals surface area contributed by atoms with Gasteiger partial charge < -0.3 is 20.4 Å². The number of hydrogen-bond donors (Lipinski definition) is 3. The van der Waals surface area contributed by atoms with E-state index in [9.17, 15) is 9.59 Å². The van der Waals surface area contributed by atoms with Gasteiger partial charge in [0.2, 0.25) is 5.91 Å². The third-order valence-corrected chi connectivity index (χ3v) is 7.00. The van der Waals surface area contributed by atoms with Crippen LogP contribution in [0.4, 0.5) is 5.69 Å². The normalized spacial score (nSPS) is 33.1. The van der Waals surface area contributed by atoms with Crippen molar-refractivity contribution in [3.63, 3.8) is 0 Å². The first-order valence-corrected chi connectivity index (χ1v) is 9.99. The summed E-state index contributed by atoms with van der Waals surface area (Å²) in [7, 11) is 0. The fraction of sp³-hybridized carbons (Fsp3) is 0.455. The number of anilines is 1. The summed E-state index contributed by atoms with van der Waals surface area (Å²) >= 11 is 0. The lowest BCUT2D eigenvalue weighted by Crippen LogP contribution is -2.70. The number of carbonyl (C=O) groups is 2. The molecule has 3 aliphatic carbocycles. The van der Waals surface area contributed by atoms with Crippen LogP contribution < -0.4 is 16.0 Å². The van der Waals surface area contributed by atoms with Gasteiger partial charge in [-0.1, -0.05) is 19.1 Å². The van der Waals surface area contributed by atoms with Crippen LogP contribution >= 0.6 is 0 Å². The number of furan rings is 1. The number of benzene rings is 1. The number of carbonyl (C=O) groups excluding carboxylic acids is 2. The van der Waals surface area contributed by atoms with Crippen LogP contribution in [0.3, 0.4) is 0 Å². The predicted molar refractivity (Wildman–Crippen MR) is 104 cm³/mol. The molecule has 1 aliphatic heterocycles. The molecular weight excluding hydrogens is 354 g/mol. The topological polar surface area (TPSA) is 83.4 Å². The second-order valence-corrected chi connectivity index (χ2v) is 8.75. The van der Waals surface area contributed by atoms with E-state index in [4.69, 9.17) is 4.42 Å². The van der Waals surface area contributed by atoms with E-state index in [0.29, 0.717) is 12.1 Å². The summed E-state index contributed by atoms with van der Waals surface area (Å²) in [4.78, 5) is 25.7. The quantitative estimate of drug-likeness (QED) is 0.764. The molecule has 2 bridgehead atoms. The zero-order valence-electron chi connectivity index (χ0n) is 16.0. The lowest BCUT2D eigenvalue weighted by molar-refractivity contribution is -0.139. The van der Waals surface area contributed by atoms with Gasteiger partial charge in [0.1, 0.15) is 11.4 Å². The van der Waals surface area contributed by atoms with Crippen molar-refractivity contribution in [1.82, 2.24) is 10.6 Å². The number of amides is 2. The lowest BCUT2D eigenvalue weighted by atomic mass is 9.51. The average Bonchev–Trinajstić information content (AvgIpc) is 3.19. The maximum atomic E-state index is 13.0. The molecule has 0 unspecified atom stereocenters. The van der Waals surface area contributed by atoms with Crippen molar-refractivity contribution >= 4 is 17.5 Å². The Balaban J connectivity index is 1.37. The molecule has 2 aromatic rings. The highest BCUT2D eigenvalue weighted by atomic mass is 16.3. The Labute approximate surface area is 164 Å². The highest BCUT2D eigenvalue weighted by molar-refractivity contribution is 6.02. The SMILES string of the molecule is C[C@@]12CC[C@@H](C[C@@H]1C(=O)NCc1ccco1)[C@]1(C2)NC(=O)c2ccccc2N1. The van der Waals surface area contributed by atoms with Crippen LogP contribution in [0, 0.1) is 17.3 Å². The molecule has 6 heteroatoms. The Morgan fingerprint density at radius 1 is 1.25 bits per heavy atom. The molecule has 6 rings (SSSR count). The van der Waals surface area contributed by atoms with Crippen molar-refractivity contribution in [3.8, 4) is 0 Å². The highest BCUT2D eigenvalue weighted by Crippen LogP contribution is 2.58. The van der Waals surface area contributed by atoms with Crippen LogP contribution in [0.5, 0.6) is 0 Å². The molecule has 4 atom stereocenters. The number of rotatable bonds is 3. The van der Waals surface area contributed by atoms with Crippen LogP contribution in [0.15, 0.2) is 47.1 Å². The Bertz CT molecular complexity index is 925. The monoisotopic (exact) mass is 379 g/mol. The van der Waals surface area contributed by atoms with E-state index in [2.05, 4.69) is 22.9 Å². The summed E-state index contributed by atoms with van der Waals surface area (Å²) in [6, 6.07) is 11.3. The molecule has 3 fully saturated rings.